The quantitative estimate of drug-likeness (QED) is 0.561. The summed E-state index contributed by atoms with van der Waals surface area (Å²) in [7, 11) is 1.86. The molecule has 8 heteroatoms. The van der Waals surface area contributed by atoms with E-state index in [9.17, 15) is 0 Å². The first-order valence-corrected chi connectivity index (χ1v) is 9.34. The van der Waals surface area contributed by atoms with E-state index in [-0.39, 0.29) is 0 Å². The highest BCUT2D eigenvalue weighted by molar-refractivity contribution is 7.18. The topological polar surface area (TPSA) is 82.5 Å². The van der Waals surface area contributed by atoms with Crippen molar-refractivity contribution < 1.29 is 0 Å². The van der Waals surface area contributed by atoms with Gasteiger partial charge in [0.1, 0.15) is 22.7 Å². The average Bonchev–Trinajstić information content (AvgIpc) is 3.21. The van der Waals surface area contributed by atoms with Gasteiger partial charge in [-0.05, 0) is 18.2 Å². The molecule has 3 aromatic heterocycles. The number of nitrogen functional groups attached to an aromatic ring is 1. The average molecular weight is 385 g/mol. The van der Waals surface area contributed by atoms with Gasteiger partial charge >= 0.3 is 0 Å². The van der Waals surface area contributed by atoms with E-state index in [1.807, 2.05) is 25.4 Å². The van der Waals surface area contributed by atoms with E-state index in [0.29, 0.717) is 33.8 Å². The third kappa shape index (κ3) is 2.93. The zero-order valence-corrected chi connectivity index (χ0v) is 16.1. The van der Waals surface area contributed by atoms with Gasteiger partial charge in [0.25, 0.3) is 0 Å². The SMILES string of the molecule is CC(C)c1nc2c(Cl)cc(-c3ncc(N)nc3-c3ccn(C)n3)cc2s1. The maximum absolute atomic E-state index is 6.52. The van der Waals surface area contributed by atoms with Crippen LogP contribution >= 0.6 is 22.9 Å². The molecule has 0 spiro atoms. The Bertz CT molecular complexity index is 1110. The maximum atomic E-state index is 6.52. The van der Waals surface area contributed by atoms with Crippen molar-refractivity contribution >= 4 is 39.0 Å². The number of aromatic nitrogens is 5. The molecule has 1 aromatic carbocycles. The van der Waals surface area contributed by atoms with Crippen LogP contribution in [-0.2, 0) is 7.05 Å². The summed E-state index contributed by atoms with van der Waals surface area (Å²) >= 11 is 8.16. The van der Waals surface area contributed by atoms with Crippen LogP contribution in [0.3, 0.4) is 0 Å². The molecule has 0 saturated heterocycles. The van der Waals surface area contributed by atoms with E-state index >= 15 is 0 Å². The number of aryl methyl sites for hydroxylation is 1. The Hall–Kier alpha value is -2.51. The highest BCUT2D eigenvalue weighted by atomic mass is 35.5. The third-order valence-electron chi connectivity index (χ3n) is 3.98. The number of benzene rings is 1. The van der Waals surface area contributed by atoms with Crippen molar-refractivity contribution in [1.29, 1.82) is 0 Å². The van der Waals surface area contributed by atoms with Crippen LogP contribution in [0.25, 0.3) is 32.9 Å². The standard InChI is InChI=1S/C18H17ClN6S/c1-9(2)18-23-16-11(19)6-10(7-13(16)26-18)15-17(22-14(20)8-21-15)12-4-5-25(3)24-12/h4-9H,1-3H3,(H2,20,22). The van der Waals surface area contributed by atoms with E-state index in [0.717, 1.165) is 20.8 Å². The minimum atomic E-state index is 0.349. The van der Waals surface area contributed by atoms with E-state index in [1.54, 1.807) is 22.2 Å². The normalized spacial score (nSPS) is 11.6. The van der Waals surface area contributed by atoms with Gasteiger partial charge in [0.05, 0.1) is 26.6 Å². The molecule has 0 unspecified atom stereocenters. The molecule has 4 aromatic rings. The number of halogens is 1. The predicted octanol–water partition coefficient (Wildman–Crippen LogP) is 4.51. The summed E-state index contributed by atoms with van der Waals surface area (Å²) in [5, 5.41) is 6.10. The Balaban J connectivity index is 1.93. The smallest absolute Gasteiger partial charge is 0.142 e. The lowest BCUT2D eigenvalue weighted by atomic mass is 10.1. The number of hydrogen-bond acceptors (Lipinski definition) is 6. The summed E-state index contributed by atoms with van der Waals surface area (Å²) in [5.74, 6) is 0.703. The summed E-state index contributed by atoms with van der Waals surface area (Å²) < 4.78 is 2.75. The second-order valence-corrected chi connectivity index (χ2v) is 7.85. The fraction of sp³-hybridized carbons (Fsp3) is 0.222. The number of nitrogens with zero attached hydrogens (tertiary/aromatic N) is 5. The van der Waals surface area contributed by atoms with Gasteiger partial charge in [-0.3, -0.25) is 9.67 Å². The zero-order valence-electron chi connectivity index (χ0n) is 14.6. The first-order valence-electron chi connectivity index (χ1n) is 8.15. The van der Waals surface area contributed by atoms with Gasteiger partial charge in [-0.15, -0.1) is 11.3 Å². The maximum Gasteiger partial charge on any atom is 0.142 e. The monoisotopic (exact) mass is 384 g/mol. The van der Waals surface area contributed by atoms with Gasteiger partial charge < -0.3 is 5.73 Å². The van der Waals surface area contributed by atoms with Crippen molar-refractivity contribution in [2.45, 2.75) is 19.8 Å². The van der Waals surface area contributed by atoms with Crippen molar-refractivity contribution in [2.75, 3.05) is 5.73 Å². The number of hydrogen-bond donors (Lipinski definition) is 1. The molecule has 0 fully saturated rings. The largest absolute Gasteiger partial charge is 0.382 e. The summed E-state index contributed by atoms with van der Waals surface area (Å²) in [5.41, 5.74) is 9.60. The van der Waals surface area contributed by atoms with Crippen molar-refractivity contribution in [2.24, 2.45) is 7.05 Å². The molecule has 0 amide bonds. The van der Waals surface area contributed by atoms with E-state index in [1.165, 1.54) is 0 Å². The van der Waals surface area contributed by atoms with Gasteiger partial charge in [0.15, 0.2) is 0 Å². The number of rotatable bonds is 3. The highest BCUT2D eigenvalue weighted by Gasteiger charge is 2.17. The molecule has 0 radical (unpaired) electrons. The number of fused-ring (bicyclic) bond motifs is 1. The Labute approximate surface area is 159 Å². The molecular formula is C18H17ClN6S. The lowest BCUT2D eigenvalue weighted by Crippen LogP contribution is -1.99. The highest BCUT2D eigenvalue weighted by Crippen LogP contribution is 2.37. The summed E-state index contributed by atoms with van der Waals surface area (Å²) in [6.45, 7) is 4.24. The lowest BCUT2D eigenvalue weighted by Gasteiger charge is -2.08. The minimum Gasteiger partial charge on any atom is -0.382 e. The van der Waals surface area contributed by atoms with Crippen molar-refractivity contribution in [3.8, 4) is 22.6 Å². The van der Waals surface area contributed by atoms with Crippen LogP contribution in [0, 0.1) is 0 Å². The lowest BCUT2D eigenvalue weighted by molar-refractivity contribution is 0.770. The van der Waals surface area contributed by atoms with E-state index in [4.69, 9.17) is 17.3 Å². The second-order valence-electron chi connectivity index (χ2n) is 6.38. The molecule has 6 nitrogen and oxygen atoms in total. The van der Waals surface area contributed by atoms with E-state index < -0.39 is 0 Å². The van der Waals surface area contributed by atoms with Gasteiger partial charge in [0, 0.05) is 24.7 Å². The zero-order chi connectivity index (χ0) is 18.4. The fourth-order valence-electron chi connectivity index (χ4n) is 2.72. The summed E-state index contributed by atoms with van der Waals surface area (Å²) in [4.78, 5) is 13.6. The number of anilines is 1. The first-order chi connectivity index (χ1) is 12.4. The summed E-state index contributed by atoms with van der Waals surface area (Å²) in [6.07, 6.45) is 3.41. The van der Waals surface area contributed by atoms with Gasteiger partial charge in [-0.1, -0.05) is 25.4 Å². The molecule has 0 aliphatic carbocycles. The second kappa shape index (κ2) is 6.34. The van der Waals surface area contributed by atoms with Crippen LogP contribution in [0.2, 0.25) is 5.02 Å². The Morgan fingerprint density at radius 2 is 2.00 bits per heavy atom. The molecule has 0 aliphatic heterocycles. The molecule has 0 atom stereocenters. The van der Waals surface area contributed by atoms with Crippen LogP contribution in [-0.4, -0.2) is 24.7 Å². The van der Waals surface area contributed by atoms with Crippen LogP contribution < -0.4 is 5.73 Å². The predicted molar refractivity (Wildman–Crippen MR) is 106 cm³/mol. The van der Waals surface area contributed by atoms with Crippen LogP contribution in [0.5, 0.6) is 0 Å². The molecule has 3 heterocycles. The number of nitrogens with two attached hydrogens (primary N) is 1. The molecule has 132 valence electrons. The Morgan fingerprint density at radius 1 is 1.19 bits per heavy atom. The minimum absolute atomic E-state index is 0.349. The molecular weight excluding hydrogens is 368 g/mol. The number of thiazole rings is 1. The van der Waals surface area contributed by atoms with Crippen LogP contribution in [0.15, 0.2) is 30.6 Å². The Kier molecular flexibility index (Phi) is 4.13. The van der Waals surface area contributed by atoms with Crippen LogP contribution in [0.4, 0.5) is 5.82 Å². The third-order valence-corrected chi connectivity index (χ3v) is 5.57. The molecule has 26 heavy (non-hydrogen) atoms. The van der Waals surface area contributed by atoms with Crippen molar-refractivity contribution in [3.05, 3.63) is 40.6 Å². The van der Waals surface area contributed by atoms with Gasteiger partial charge in [-0.25, -0.2) is 9.97 Å². The molecule has 0 saturated carbocycles. The van der Waals surface area contributed by atoms with Gasteiger partial charge in [-0.2, -0.15) is 5.10 Å². The molecule has 4 rings (SSSR count). The Morgan fingerprint density at radius 3 is 2.69 bits per heavy atom. The molecule has 0 aliphatic rings. The van der Waals surface area contributed by atoms with Crippen molar-refractivity contribution in [1.82, 2.24) is 24.7 Å². The van der Waals surface area contributed by atoms with Crippen molar-refractivity contribution in [3.63, 3.8) is 0 Å². The van der Waals surface area contributed by atoms with Gasteiger partial charge in [0.2, 0.25) is 0 Å². The fourth-order valence-corrected chi connectivity index (χ4v) is 4.08. The van der Waals surface area contributed by atoms with E-state index in [2.05, 4.69) is 40.0 Å². The molecule has 2 N–H and O–H groups in total. The van der Waals surface area contributed by atoms with Crippen LogP contribution in [0.1, 0.15) is 24.8 Å². The summed E-state index contributed by atoms with van der Waals surface area (Å²) in [6, 6.07) is 5.81. The first kappa shape index (κ1) is 16.9. The molecule has 0 bridgehead atoms.